The Hall–Kier alpha value is -4.16. The highest BCUT2D eigenvalue weighted by atomic mass is 19.2. The maximum atomic E-state index is 14.0. The van der Waals surface area contributed by atoms with Gasteiger partial charge in [0.2, 0.25) is 11.8 Å². The van der Waals surface area contributed by atoms with Crippen LogP contribution in [0.1, 0.15) is 28.7 Å². The van der Waals surface area contributed by atoms with Crippen molar-refractivity contribution < 1.29 is 22.8 Å². The summed E-state index contributed by atoms with van der Waals surface area (Å²) >= 11 is 0. The van der Waals surface area contributed by atoms with E-state index >= 15 is 0 Å². The molecule has 0 saturated heterocycles. The van der Waals surface area contributed by atoms with Crippen LogP contribution in [0.3, 0.4) is 0 Å². The normalized spacial score (nSPS) is 14.1. The molecule has 0 aliphatic carbocycles. The smallest absolute Gasteiger partial charge is 0.246 e. The number of carbonyl (C=O) groups excluding carboxylic acids is 2. The Bertz CT molecular complexity index is 1360. The van der Waals surface area contributed by atoms with E-state index in [9.17, 15) is 28.0 Å². The molecule has 36 heavy (non-hydrogen) atoms. The van der Waals surface area contributed by atoms with E-state index < -0.39 is 29.4 Å². The van der Waals surface area contributed by atoms with Gasteiger partial charge in [-0.05, 0) is 41.3 Å². The van der Waals surface area contributed by atoms with Crippen molar-refractivity contribution in [3.8, 4) is 6.07 Å². The number of carbonyl (C=O) groups is 2. The third kappa shape index (κ3) is 5.39. The SMILES string of the molecule is N#Cc1ccccc1CN1C(=O)CN(C(=O)C[C@H](N)Cc2cc(F)c(F)cc2F)Cc2ccccc21. The van der Waals surface area contributed by atoms with Crippen LogP contribution in [-0.2, 0) is 29.1 Å². The minimum Gasteiger partial charge on any atom is -0.329 e. The van der Waals surface area contributed by atoms with Crippen LogP contribution in [0.2, 0.25) is 0 Å². The third-order valence-electron chi connectivity index (χ3n) is 6.10. The third-order valence-corrected chi connectivity index (χ3v) is 6.10. The van der Waals surface area contributed by atoms with Crippen LogP contribution >= 0.6 is 0 Å². The van der Waals surface area contributed by atoms with Gasteiger partial charge in [-0.1, -0.05) is 36.4 Å². The summed E-state index contributed by atoms with van der Waals surface area (Å²) in [5.41, 5.74) is 8.43. The first-order valence-corrected chi connectivity index (χ1v) is 11.3. The van der Waals surface area contributed by atoms with E-state index in [0.29, 0.717) is 22.9 Å². The van der Waals surface area contributed by atoms with Crippen LogP contribution in [0, 0.1) is 28.8 Å². The summed E-state index contributed by atoms with van der Waals surface area (Å²) in [5.74, 6) is -4.19. The minimum absolute atomic E-state index is 0.131. The van der Waals surface area contributed by atoms with E-state index in [1.165, 1.54) is 4.90 Å². The average Bonchev–Trinajstić information content (AvgIpc) is 2.99. The summed E-state index contributed by atoms with van der Waals surface area (Å²) in [6.45, 7) is 0.106. The molecule has 0 unspecified atom stereocenters. The molecule has 0 aromatic heterocycles. The van der Waals surface area contributed by atoms with Crippen molar-refractivity contribution in [2.45, 2.75) is 32.0 Å². The molecule has 0 saturated carbocycles. The Morgan fingerprint density at radius 2 is 1.67 bits per heavy atom. The molecule has 6 nitrogen and oxygen atoms in total. The van der Waals surface area contributed by atoms with Crippen LogP contribution in [0.15, 0.2) is 60.7 Å². The number of hydrogen-bond acceptors (Lipinski definition) is 4. The predicted molar refractivity (Wildman–Crippen MR) is 127 cm³/mol. The van der Waals surface area contributed by atoms with Crippen LogP contribution < -0.4 is 10.6 Å². The molecule has 3 aromatic rings. The molecule has 2 amide bonds. The highest BCUT2D eigenvalue weighted by Crippen LogP contribution is 2.28. The topological polar surface area (TPSA) is 90.4 Å². The molecule has 9 heteroatoms. The van der Waals surface area contributed by atoms with Crippen molar-refractivity contribution >= 4 is 17.5 Å². The van der Waals surface area contributed by atoms with Gasteiger partial charge in [0.1, 0.15) is 12.4 Å². The zero-order chi connectivity index (χ0) is 25.8. The first-order valence-electron chi connectivity index (χ1n) is 11.3. The highest BCUT2D eigenvalue weighted by molar-refractivity contribution is 5.98. The maximum absolute atomic E-state index is 14.0. The van der Waals surface area contributed by atoms with Crippen LogP contribution in [0.25, 0.3) is 0 Å². The van der Waals surface area contributed by atoms with E-state index in [4.69, 9.17) is 5.73 Å². The molecular weight excluding hydrogens is 469 g/mol. The summed E-state index contributed by atoms with van der Waals surface area (Å²) in [6, 6.07) is 16.6. The molecule has 3 aromatic carbocycles. The molecule has 0 bridgehead atoms. The lowest BCUT2D eigenvalue weighted by Crippen LogP contribution is -2.41. The number of amides is 2. The van der Waals surface area contributed by atoms with Crippen molar-refractivity contribution in [2.24, 2.45) is 5.73 Å². The Balaban J connectivity index is 1.52. The lowest BCUT2D eigenvalue weighted by molar-refractivity contribution is -0.135. The van der Waals surface area contributed by atoms with Gasteiger partial charge in [-0.25, -0.2) is 13.2 Å². The van der Waals surface area contributed by atoms with E-state index in [1.54, 1.807) is 47.4 Å². The maximum Gasteiger partial charge on any atom is 0.246 e. The molecule has 2 N–H and O–H groups in total. The van der Waals surface area contributed by atoms with Gasteiger partial charge in [-0.15, -0.1) is 0 Å². The molecule has 1 heterocycles. The average molecular weight is 493 g/mol. The lowest BCUT2D eigenvalue weighted by atomic mass is 10.0. The van der Waals surface area contributed by atoms with Gasteiger partial charge in [0.15, 0.2) is 11.6 Å². The number of anilines is 1. The van der Waals surface area contributed by atoms with Crippen LogP contribution in [-0.4, -0.2) is 29.3 Å². The Kier molecular flexibility index (Phi) is 7.36. The molecule has 184 valence electrons. The highest BCUT2D eigenvalue weighted by Gasteiger charge is 2.30. The van der Waals surface area contributed by atoms with E-state index in [1.807, 2.05) is 6.07 Å². The number of hydrogen-bond donors (Lipinski definition) is 1. The number of nitriles is 1. The molecule has 4 rings (SSSR count). The second kappa shape index (κ2) is 10.6. The van der Waals surface area contributed by atoms with Crippen LogP contribution in [0.5, 0.6) is 0 Å². The zero-order valence-corrected chi connectivity index (χ0v) is 19.3. The van der Waals surface area contributed by atoms with Crippen molar-refractivity contribution in [3.05, 3.63) is 100 Å². The van der Waals surface area contributed by atoms with E-state index in [2.05, 4.69) is 6.07 Å². The van der Waals surface area contributed by atoms with Gasteiger partial charge < -0.3 is 15.5 Å². The number of halogens is 3. The summed E-state index contributed by atoms with van der Waals surface area (Å²) in [5, 5.41) is 9.43. The number of benzene rings is 3. The second-order valence-electron chi connectivity index (χ2n) is 8.65. The fraction of sp³-hybridized carbons (Fsp3) is 0.222. The number of nitrogens with two attached hydrogens (primary N) is 1. The fourth-order valence-electron chi connectivity index (χ4n) is 4.27. The molecule has 0 fully saturated rings. The van der Waals surface area contributed by atoms with Gasteiger partial charge in [0.25, 0.3) is 0 Å². The monoisotopic (exact) mass is 492 g/mol. The number of nitrogens with zero attached hydrogens (tertiary/aromatic N) is 3. The van der Waals surface area contributed by atoms with E-state index in [-0.39, 0.29) is 43.9 Å². The van der Waals surface area contributed by atoms with Crippen molar-refractivity contribution in [3.63, 3.8) is 0 Å². The first kappa shape index (κ1) is 24.9. The number of fused-ring (bicyclic) bond motifs is 1. The van der Waals surface area contributed by atoms with Gasteiger partial charge in [0.05, 0.1) is 18.2 Å². The molecule has 1 aliphatic heterocycles. The van der Waals surface area contributed by atoms with Gasteiger partial charge >= 0.3 is 0 Å². The van der Waals surface area contributed by atoms with Gasteiger partial charge in [-0.2, -0.15) is 5.26 Å². The van der Waals surface area contributed by atoms with Crippen LogP contribution in [0.4, 0.5) is 18.9 Å². The molecule has 1 aliphatic rings. The van der Waals surface area contributed by atoms with E-state index in [0.717, 1.165) is 11.6 Å². The zero-order valence-electron chi connectivity index (χ0n) is 19.3. The lowest BCUT2D eigenvalue weighted by Gasteiger charge is -2.24. The largest absolute Gasteiger partial charge is 0.329 e. The summed E-state index contributed by atoms with van der Waals surface area (Å²) in [7, 11) is 0. The fourth-order valence-corrected chi connectivity index (χ4v) is 4.27. The number of rotatable bonds is 6. The van der Waals surface area contributed by atoms with Crippen molar-refractivity contribution in [1.29, 1.82) is 5.26 Å². The summed E-state index contributed by atoms with van der Waals surface area (Å²) < 4.78 is 40.7. The Morgan fingerprint density at radius 1 is 0.972 bits per heavy atom. The first-order chi connectivity index (χ1) is 17.3. The van der Waals surface area contributed by atoms with Gasteiger partial charge in [0, 0.05) is 30.8 Å². The molecule has 1 atom stereocenters. The summed E-state index contributed by atoms with van der Waals surface area (Å²) in [4.78, 5) is 29.3. The van der Waals surface area contributed by atoms with Crippen molar-refractivity contribution in [2.75, 3.05) is 11.4 Å². The van der Waals surface area contributed by atoms with Crippen molar-refractivity contribution in [1.82, 2.24) is 4.90 Å². The number of para-hydroxylation sites is 1. The molecule has 0 spiro atoms. The minimum atomic E-state index is -1.30. The quantitative estimate of drug-likeness (QED) is 0.530. The second-order valence-corrected chi connectivity index (χ2v) is 8.65. The standard InChI is InChI=1S/C27H23F3N4O2/c28-22-12-24(30)23(29)10-20(22)9-21(32)11-26(35)33-14-19-7-3-4-8-25(19)34(27(36)16-33)15-18-6-2-1-5-17(18)13-31/h1-8,10,12,21H,9,11,14-16,32H2/t21-/m1/s1. The molecular formula is C27H23F3N4O2. The van der Waals surface area contributed by atoms with Gasteiger partial charge in [-0.3, -0.25) is 9.59 Å². The summed E-state index contributed by atoms with van der Waals surface area (Å²) in [6.07, 6.45) is -0.393. The Labute approximate surface area is 206 Å². The predicted octanol–water partition coefficient (Wildman–Crippen LogP) is 3.81. The Morgan fingerprint density at radius 3 is 2.44 bits per heavy atom. The molecule has 0 radical (unpaired) electrons.